The lowest BCUT2D eigenvalue weighted by Crippen LogP contribution is -1.93. The molecule has 1 aromatic heterocycles. The summed E-state index contributed by atoms with van der Waals surface area (Å²) >= 11 is 0. The molecule has 68 valence electrons. The summed E-state index contributed by atoms with van der Waals surface area (Å²) < 4.78 is 3.75. The topological polar surface area (TPSA) is 49.0 Å². The summed E-state index contributed by atoms with van der Waals surface area (Å²) in [6, 6.07) is 4.00. The number of nitrogens with zero attached hydrogens (tertiary/aromatic N) is 3. The van der Waals surface area contributed by atoms with Gasteiger partial charge in [0, 0.05) is 17.6 Å². The number of aromatic nitrogens is 1. The van der Waals surface area contributed by atoms with Crippen molar-refractivity contribution in [2.75, 3.05) is 6.26 Å². The normalized spacial score (nSPS) is 12.4. The van der Waals surface area contributed by atoms with Crippen molar-refractivity contribution < 1.29 is 0 Å². The van der Waals surface area contributed by atoms with Crippen molar-refractivity contribution in [2.45, 2.75) is 12.7 Å². The Kier molecular flexibility index (Phi) is 3.59. The van der Waals surface area contributed by atoms with E-state index in [0.717, 1.165) is 17.0 Å². The Bertz CT molecular complexity index is 348. The van der Waals surface area contributed by atoms with Crippen LogP contribution in [0, 0.1) is 18.4 Å². The predicted molar refractivity (Wildman–Crippen MR) is 54.0 cm³/mol. The Hall–Kier alpha value is -1.21. The summed E-state index contributed by atoms with van der Waals surface area (Å²) in [4.78, 5) is 4.17. The second kappa shape index (κ2) is 4.73. The minimum absolute atomic E-state index is 0.204. The first-order valence-electron chi connectivity index (χ1n) is 3.86. The van der Waals surface area contributed by atoms with Crippen LogP contribution in [-0.2, 0) is 16.4 Å². The molecule has 1 unspecified atom stereocenters. The van der Waals surface area contributed by atoms with Gasteiger partial charge in [0.25, 0.3) is 0 Å². The van der Waals surface area contributed by atoms with Crippen molar-refractivity contribution in [3.8, 4) is 6.19 Å². The quantitative estimate of drug-likeness (QED) is 0.672. The third-order valence-corrected chi connectivity index (χ3v) is 2.69. The fourth-order valence-corrected chi connectivity index (χ4v) is 1.78. The SMILES string of the molecule is Cc1ccc(C/S(C)=N/C#N)cn1. The Balaban J connectivity index is 2.71. The van der Waals surface area contributed by atoms with Gasteiger partial charge in [-0.2, -0.15) is 9.62 Å². The van der Waals surface area contributed by atoms with Crippen LogP contribution in [0.5, 0.6) is 0 Å². The minimum atomic E-state index is -0.204. The molecule has 0 saturated heterocycles. The largest absolute Gasteiger partial charge is 0.261 e. The zero-order valence-corrected chi connectivity index (χ0v) is 8.51. The van der Waals surface area contributed by atoms with E-state index in [4.69, 9.17) is 5.26 Å². The van der Waals surface area contributed by atoms with Gasteiger partial charge in [-0.1, -0.05) is 16.8 Å². The van der Waals surface area contributed by atoms with Gasteiger partial charge in [-0.25, -0.2) is 0 Å². The van der Waals surface area contributed by atoms with E-state index in [-0.39, 0.29) is 10.7 Å². The van der Waals surface area contributed by atoms with Gasteiger partial charge in [-0.3, -0.25) is 4.98 Å². The van der Waals surface area contributed by atoms with Gasteiger partial charge in [0.15, 0.2) is 0 Å². The maximum Gasteiger partial charge on any atom is 0.212 e. The van der Waals surface area contributed by atoms with Crippen LogP contribution in [0.25, 0.3) is 0 Å². The molecule has 0 fully saturated rings. The molecule has 4 heteroatoms. The van der Waals surface area contributed by atoms with Gasteiger partial charge in [0.05, 0.1) is 0 Å². The number of pyridine rings is 1. The Morgan fingerprint density at radius 3 is 2.92 bits per heavy atom. The van der Waals surface area contributed by atoms with Gasteiger partial charge in [-0.05, 0) is 24.8 Å². The summed E-state index contributed by atoms with van der Waals surface area (Å²) in [6.07, 6.45) is 5.60. The van der Waals surface area contributed by atoms with Crippen LogP contribution < -0.4 is 0 Å². The molecule has 0 bridgehead atoms. The van der Waals surface area contributed by atoms with Crippen molar-refractivity contribution >= 4 is 10.7 Å². The van der Waals surface area contributed by atoms with Crippen LogP contribution in [0.2, 0.25) is 0 Å². The molecule has 0 radical (unpaired) electrons. The number of hydrogen-bond donors (Lipinski definition) is 0. The molecule has 13 heavy (non-hydrogen) atoms. The average molecular weight is 193 g/mol. The van der Waals surface area contributed by atoms with Crippen LogP contribution in [0.3, 0.4) is 0 Å². The maximum atomic E-state index is 8.33. The highest BCUT2D eigenvalue weighted by Crippen LogP contribution is 2.03. The van der Waals surface area contributed by atoms with Gasteiger partial charge in [-0.15, -0.1) is 0 Å². The molecule has 0 aliphatic heterocycles. The molecule has 0 amide bonds. The second-order valence-corrected chi connectivity index (χ2v) is 4.42. The molecule has 1 rings (SSSR count). The monoisotopic (exact) mass is 193 g/mol. The van der Waals surface area contributed by atoms with Crippen molar-refractivity contribution in [2.24, 2.45) is 4.36 Å². The molecule has 0 spiro atoms. The van der Waals surface area contributed by atoms with Gasteiger partial charge in [0.2, 0.25) is 6.19 Å². The van der Waals surface area contributed by atoms with E-state index in [9.17, 15) is 0 Å². The molecule has 0 aliphatic rings. The Labute approximate surface area is 80.5 Å². The lowest BCUT2D eigenvalue weighted by atomic mass is 10.3. The van der Waals surface area contributed by atoms with E-state index in [0.29, 0.717) is 0 Å². The van der Waals surface area contributed by atoms with Crippen molar-refractivity contribution in [1.82, 2.24) is 4.98 Å². The molecule has 1 atom stereocenters. The van der Waals surface area contributed by atoms with E-state index in [2.05, 4.69) is 9.35 Å². The minimum Gasteiger partial charge on any atom is -0.261 e. The average Bonchev–Trinajstić information content (AvgIpc) is 2.09. The van der Waals surface area contributed by atoms with Crippen LogP contribution in [0.4, 0.5) is 0 Å². The lowest BCUT2D eigenvalue weighted by molar-refractivity contribution is 1.16. The Morgan fingerprint density at radius 1 is 1.62 bits per heavy atom. The van der Waals surface area contributed by atoms with E-state index in [1.54, 1.807) is 0 Å². The predicted octanol–water partition coefficient (Wildman–Crippen LogP) is 1.80. The van der Waals surface area contributed by atoms with E-state index >= 15 is 0 Å². The van der Waals surface area contributed by atoms with Crippen molar-refractivity contribution in [3.63, 3.8) is 0 Å². The van der Waals surface area contributed by atoms with Crippen LogP contribution >= 0.6 is 0 Å². The summed E-state index contributed by atoms with van der Waals surface area (Å²) in [5.74, 6) is 0.806. The molecule has 1 aromatic rings. The molecule has 0 aliphatic carbocycles. The van der Waals surface area contributed by atoms with Gasteiger partial charge >= 0.3 is 0 Å². The van der Waals surface area contributed by atoms with Crippen molar-refractivity contribution in [3.05, 3.63) is 29.6 Å². The zero-order valence-electron chi connectivity index (χ0n) is 7.69. The molecule has 0 N–H and O–H groups in total. The van der Waals surface area contributed by atoms with Gasteiger partial charge in [0.1, 0.15) is 0 Å². The van der Waals surface area contributed by atoms with Crippen LogP contribution in [-0.4, -0.2) is 11.2 Å². The van der Waals surface area contributed by atoms with E-state index in [1.165, 1.54) is 0 Å². The second-order valence-electron chi connectivity index (χ2n) is 2.74. The Morgan fingerprint density at radius 2 is 2.38 bits per heavy atom. The fourth-order valence-electron chi connectivity index (χ4n) is 0.927. The first-order valence-corrected chi connectivity index (χ1v) is 5.62. The summed E-state index contributed by atoms with van der Waals surface area (Å²) in [5.41, 5.74) is 2.15. The van der Waals surface area contributed by atoms with E-state index < -0.39 is 0 Å². The number of rotatable bonds is 2. The first-order chi connectivity index (χ1) is 6.22. The molecule has 0 aromatic carbocycles. The number of hydrogen-bond acceptors (Lipinski definition) is 3. The summed E-state index contributed by atoms with van der Waals surface area (Å²) in [5, 5.41) is 8.33. The zero-order chi connectivity index (χ0) is 9.68. The highest BCUT2D eigenvalue weighted by Gasteiger charge is 1.94. The lowest BCUT2D eigenvalue weighted by Gasteiger charge is -1.99. The van der Waals surface area contributed by atoms with Crippen LogP contribution in [0.1, 0.15) is 11.3 Å². The highest BCUT2D eigenvalue weighted by molar-refractivity contribution is 7.85. The van der Waals surface area contributed by atoms with Gasteiger partial charge < -0.3 is 0 Å². The smallest absolute Gasteiger partial charge is 0.212 e. The number of nitriles is 1. The fraction of sp³-hybridized carbons (Fsp3) is 0.333. The van der Waals surface area contributed by atoms with Crippen molar-refractivity contribution in [1.29, 1.82) is 5.26 Å². The third kappa shape index (κ3) is 3.34. The summed E-state index contributed by atoms with van der Waals surface area (Å²) in [6.45, 7) is 1.95. The third-order valence-electron chi connectivity index (χ3n) is 1.54. The maximum absolute atomic E-state index is 8.33. The van der Waals surface area contributed by atoms with E-state index in [1.807, 2.05) is 37.7 Å². The van der Waals surface area contributed by atoms with Crippen LogP contribution in [0.15, 0.2) is 22.7 Å². The molecule has 1 heterocycles. The summed E-state index contributed by atoms with van der Waals surface area (Å²) in [7, 11) is -0.204. The first kappa shape index (κ1) is 9.87. The molecular formula is C9H11N3S. The standard InChI is InChI=1S/C9H11N3S/c1-8-3-4-9(5-11-8)6-13(2)12-7-10/h3-5H,6H2,1-2H3. The molecular weight excluding hydrogens is 182 g/mol. The number of aryl methyl sites for hydroxylation is 1. The molecule has 0 saturated carbocycles. The molecule has 3 nitrogen and oxygen atoms in total. The highest BCUT2D eigenvalue weighted by atomic mass is 32.2.